The van der Waals surface area contributed by atoms with E-state index in [1.54, 1.807) is 6.92 Å². The van der Waals surface area contributed by atoms with E-state index in [0.29, 0.717) is 24.3 Å². The summed E-state index contributed by atoms with van der Waals surface area (Å²) in [6.45, 7) is 2.89. The molecular formula is C12H15N3O4. The number of piperidine rings is 1. The van der Waals surface area contributed by atoms with Crippen molar-refractivity contribution in [1.29, 1.82) is 0 Å². The van der Waals surface area contributed by atoms with Gasteiger partial charge in [-0.15, -0.1) is 0 Å². The van der Waals surface area contributed by atoms with Gasteiger partial charge in [-0.3, -0.25) is 14.9 Å². The zero-order valence-corrected chi connectivity index (χ0v) is 10.6. The average molecular weight is 265 g/mol. The minimum atomic E-state index is -0.802. The summed E-state index contributed by atoms with van der Waals surface area (Å²) in [6.07, 6.45) is 2.67. The molecule has 1 saturated heterocycles. The summed E-state index contributed by atoms with van der Waals surface area (Å²) in [5, 5.41) is 19.7. The van der Waals surface area contributed by atoms with Gasteiger partial charge in [0.1, 0.15) is 12.0 Å². The van der Waals surface area contributed by atoms with E-state index < -0.39 is 16.8 Å². The molecule has 19 heavy (non-hydrogen) atoms. The molecule has 0 amide bonds. The van der Waals surface area contributed by atoms with E-state index >= 15 is 0 Å². The number of hydrogen-bond acceptors (Lipinski definition) is 5. The van der Waals surface area contributed by atoms with Crippen molar-refractivity contribution in [1.82, 2.24) is 4.98 Å². The summed E-state index contributed by atoms with van der Waals surface area (Å²) < 4.78 is 0. The molecule has 1 aromatic rings. The predicted octanol–water partition coefficient (Wildman–Crippen LogP) is 1.60. The molecule has 7 nitrogen and oxygen atoms in total. The molecule has 0 aliphatic carbocycles. The highest BCUT2D eigenvalue weighted by atomic mass is 16.6. The van der Waals surface area contributed by atoms with Crippen LogP contribution in [0.15, 0.2) is 12.3 Å². The first kappa shape index (κ1) is 13.3. The molecule has 7 heteroatoms. The van der Waals surface area contributed by atoms with Crippen LogP contribution < -0.4 is 4.90 Å². The molecule has 0 aromatic carbocycles. The standard InChI is InChI=1S/C12H15N3O4/c1-8-5-10(15(18)19)6-13-11(8)14-4-2-3-9(7-14)12(16)17/h5-6,9H,2-4,7H2,1H3,(H,16,17). The third kappa shape index (κ3) is 2.81. The van der Waals surface area contributed by atoms with Gasteiger partial charge in [-0.1, -0.05) is 0 Å². The smallest absolute Gasteiger partial charge is 0.308 e. The number of anilines is 1. The number of aliphatic carboxylic acids is 1. The molecule has 1 atom stereocenters. The van der Waals surface area contributed by atoms with E-state index in [1.807, 2.05) is 4.90 Å². The lowest BCUT2D eigenvalue weighted by Crippen LogP contribution is -2.39. The SMILES string of the molecule is Cc1cc([N+](=O)[O-])cnc1N1CCCC(C(=O)O)C1. The fraction of sp³-hybridized carbons (Fsp3) is 0.500. The van der Waals surface area contributed by atoms with Gasteiger partial charge in [-0.2, -0.15) is 0 Å². The number of carbonyl (C=O) groups is 1. The van der Waals surface area contributed by atoms with Gasteiger partial charge in [-0.05, 0) is 25.3 Å². The highest BCUT2D eigenvalue weighted by Crippen LogP contribution is 2.26. The number of carboxylic acid groups (broad SMARTS) is 1. The fourth-order valence-corrected chi connectivity index (χ4v) is 2.35. The highest BCUT2D eigenvalue weighted by molar-refractivity contribution is 5.71. The Morgan fingerprint density at radius 1 is 1.63 bits per heavy atom. The number of aromatic nitrogens is 1. The van der Waals surface area contributed by atoms with Crippen molar-refractivity contribution in [2.24, 2.45) is 5.92 Å². The van der Waals surface area contributed by atoms with Gasteiger partial charge in [0.2, 0.25) is 0 Å². The molecule has 1 unspecified atom stereocenters. The minimum Gasteiger partial charge on any atom is -0.481 e. The summed E-state index contributed by atoms with van der Waals surface area (Å²) in [6, 6.07) is 1.46. The van der Waals surface area contributed by atoms with Crippen LogP contribution in [-0.2, 0) is 4.79 Å². The largest absolute Gasteiger partial charge is 0.481 e. The van der Waals surface area contributed by atoms with Crippen LogP contribution in [0.5, 0.6) is 0 Å². The molecule has 0 saturated carbocycles. The van der Waals surface area contributed by atoms with E-state index in [9.17, 15) is 14.9 Å². The number of pyridine rings is 1. The molecule has 2 rings (SSSR count). The Balaban J connectivity index is 2.22. The maximum Gasteiger partial charge on any atom is 0.308 e. The van der Waals surface area contributed by atoms with Crippen LogP contribution in [0.4, 0.5) is 11.5 Å². The molecule has 0 spiro atoms. The summed E-state index contributed by atoms with van der Waals surface area (Å²) in [7, 11) is 0. The Hall–Kier alpha value is -2.18. The predicted molar refractivity (Wildman–Crippen MR) is 68.2 cm³/mol. The van der Waals surface area contributed by atoms with Crippen LogP contribution in [0, 0.1) is 23.0 Å². The average Bonchev–Trinajstić information content (AvgIpc) is 2.38. The molecular weight excluding hydrogens is 250 g/mol. The third-order valence-electron chi connectivity index (χ3n) is 3.32. The van der Waals surface area contributed by atoms with Gasteiger partial charge < -0.3 is 10.0 Å². The Kier molecular flexibility index (Phi) is 3.64. The lowest BCUT2D eigenvalue weighted by Gasteiger charge is -2.32. The van der Waals surface area contributed by atoms with E-state index in [1.165, 1.54) is 12.3 Å². The van der Waals surface area contributed by atoms with Crippen LogP contribution in [0.2, 0.25) is 0 Å². The number of rotatable bonds is 3. The number of hydrogen-bond donors (Lipinski definition) is 1. The fourth-order valence-electron chi connectivity index (χ4n) is 2.35. The van der Waals surface area contributed by atoms with Crippen molar-refractivity contribution in [2.45, 2.75) is 19.8 Å². The first-order chi connectivity index (χ1) is 8.99. The maximum absolute atomic E-state index is 11.0. The molecule has 102 valence electrons. The van der Waals surface area contributed by atoms with Crippen LogP contribution in [0.3, 0.4) is 0 Å². The zero-order valence-electron chi connectivity index (χ0n) is 10.6. The van der Waals surface area contributed by atoms with Crippen molar-refractivity contribution in [3.63, 3.8) is 0 Å². The van der Waals surface area contributed by atoms with Crippen molar-refractivity contribution < 1.29 is 14.8 Å². The van der Waals surface area contributed by atoms with Crippen molar-refractivity contribution >= 4 is 17.5 Å². The molecule has 1 aromatic heterocycles. The molecule has 1 fully saturated rings. The van der Waals surface area contributed by atoms with Gasteiger partial charge in [-0.25, -0.2) is 4.98 Å². The van der Waals surface area contributed by atoms with Gasteiger partial charge >= 0.3 is 5.97 Å². The van der Waals surface area contributed by atoms with Gasteiger partial charge in [0, 0.05) is 19.2 Å². The first-order valence-electron chi connectivity index (χ1n) is 6.08. The second kappa shape index (κ2) is 5.21. The van der Waals surface area contributed by atoms with Crippen LogP contribution >= 0.6 is 0 Å². The second-order valence-electron chi connectivity index (χ2n) is 4.71. The van der Waals surface area contributed by atoms with Crippen LogP contribution in [-0.4, -0.2) is 34.1 Å². The number of carboxylic acids is 1. The van der Waals surface area contributed by atoms with E-state index in [4.69, 9.17) is 5.11 Å². The molecule has 0 radical (unpaired) electrons. The number of nitrogens with zero attached hydrogens (tertiary/aromatic N) is 3. The van der Waals surface area contributed by atoms with Crippen LogP contribution in [0.25, 0.3) is 0 Å². The number of aryl methyl sites for hydroxylation is 1. The summed E-state index contributed by atoms with van der Waals surface area (Å²) in [4.78, 5) is 27.2. The monoisotopic (exact) mass is 265 g/mol. The van der Waals surface area contributed by atoms with Crippen molar-refractivity contribution in [3.05, 3.63) is 27.9 Å². The topological polar surface area (TPSA) is 96.6 Å². The first-order valence-corrected chi connectivity index (χ1v) is 6.08. The van der Waals surface area contributed by atoms with E-state index in [2.05, 4.69) is 4.98 Å². The Morgan fingerprint density at radius 3 is 2.95 bits per heavy atom. The van der Waals surface area contributed by atoms with Crippen molar-refractivity contribution in [2.75, 3.05) is 18.0 Å². The van der Waals surface area contributed by atoms with Gasteiger partial charge in [0.25, 0.3) is 5.69 Å². The minimum absolute atomic E-state index is 0.0481. The quantitative estimate of drug-likeness (QED) is 0.658. The Morgan fingerprint density at radius 2 is 2.37 bits per heavy atom. The lowest BCUT2D eigenvalue weighted by molar-refractivity contribution is -0.385. The summed E-state index contributed by atoms with van der Waals surface area (Å²) in [5.74, 6) is -0.564. The summed E-state index contributed by atoms with van der Waals surface area (Å²) in [5.41, 5.74) is 0.647. The molecule has 1 N–H and O–H groups in total. The molecule has 1 aliphatic heterocycles. The van der Waals surface area contributed by atoms with E-state index in [-0.39, 0.29) is 5.69 Å². The lowest BCUT2D eigenvalue weighted by atomic mass is 9.98. The second-order valence-corrected chi connectivity index (χ2v) is 4.71. The van der Waals surface area contributed by atoms with Gasteiger partial charge in [0.15, 0.2) is 0 Å². The zero-order chi connectivity index (χ0) is 14.0. The molecule has 1 aliphatic rings. The molecule has 0 bridgehead atoms. The molecule has 2 heterocycles. The maximum atomic E-state index is 11.0. The Labute approximate surface area is 110 Å². The van der Waals surface area contributed by atoms with Crippen LogP contribution in [0.1, 0.15) is 18.4 Å². The number of nitro groups is 1. The van der Waals surface area contributed by atoms with Gasteiger partial charge in [0.05, 0.1) is 10.8 Å². The van der Waals surface area contributed by atoms with E-state index in [0.717, 1.165) is 13.0 Å². The van der Waals surface area contributed by atoms with Crippen molar-refractivity contribution in [3.8, 4) is 0 Å². The normalized spacial score (nSPS) is 19.2. The highest BCUT2D eigenvalue weighted by Gasteiger charge is 2.27. The third-order valence-corrected chi connectivity index (χ3v) is 3.32. The Bertz CT molecular complexity index is 518. The summed E-state index contributed by atoms with van der Waals surface area (Å²) >= 11 is 0.